The molecule has 3 rings (SSSR count). The van der Waals surface area contributed by atoms with Crippen LogP contribution in [0.4, 0.5) is 0 Å². The van der Waals surface area contributed by atoms with Gasteiger partial charge in [-0.15, -0.1) is 10.2 Å². The van der Waals surface area contributed by atoms with Gasteiger partial charge >= 0.3 is 0 Å². The van der Waals surface area contributed by atoms with Gasteiger partial charge in [-0.2, -0.15) is 0 Å². The molecule has 1 atom stereocenters. The number of rotatable bonds is 4. The van der Waals surface area contributed by atoms with Crippen LogP contribution in [0, 0.1) is 5.92 Å². The number of likely N-dealkylation sites (tertiary alicyclic amines) is 1. The molecular weight excluding hydrogens is 381 g/mol. The number of amides is 1. The maximum Gasteiger partial charge on any atom is 0.233 e. The van der Waals surface area contributed by atoms with Gasteiger partial charge in [0.1, 0.15) is 0 Å². The molecule has 6 nitrogen and oxygen atoms in total. The molecule has 0 unspecified atom stereocenters. The van der Waals surface area contributed by atoms with Crippen molar-refractivity contribution in [2.75, 3.05) is 24.7 Å². The van der Waals surface area contributed by atoms with E-state index in [1.165, 1.54) is 22.9 Å². The zero-order chi connectivity index (χ0) is 18.0. The average Bonchev–Trinajstić information content (AvgIpc) is 2.93. The van der Waals surface area contributed by atoms with Crippen LogP contribution in [0.2, 0.25) is 10.0 Å². The highest BCUT2D eigenvalue weighted by Gasteiger charge is 2.22. The third-order valence-corrected chi connectivity index (χ3v) is 5.65. The lowest BCUT2D eigenvalue weighted by Crippen LogP contribution is -2.40. The second-order valence-electron chi connectivity index (χ2n) is 6.18. The minimum Gasteiger partial charge on any atom is -0.342 e. The first kappa shape index (κ1) is 18.4. The summed E-state index contributed by atoms with van der Waals surface area (Å²) in [7, 11) is 0. The molecule has 2 N–H and O–H groups in total. The van der Waals surface area contributed by atoms with E-state index in [-0.39, 0.29) is 11.7 Å². The zero-order valence-electron chi connectivity index (χ0n) is 13.8. The Morgan fingerprint density at radius 3 is 2.92 bits per heavy atom. The molecule has 1 saturated heterocycles. The molecule has 134 valence electrons. The Balaban J connectivity index is 1.68. The summed E-state index contributed by atoms with van der Waals surface area (Å²) in [4.78, 5) is 14.3. The van der Waals surface area contributed by atoms with E-state index in [4.69, 9.17) is 29.0 Å². The number of carbonyl (C=O) groups is 1. The Hall–Kier alpha value is -1.44. The van der Waals surface area contributed by atoms with Crippen LogP contribution in [0.15, 0.2) is 23.4 Å². The molecule has 0 radical (unpaired) electrons. The quantitative estimate of drug-likeness (QED) is 0.630. The van der Waals surface area contributed by atoms with Gasteiger partial charge in [-0.05, 0) is 37.0 Å². The summed E-state index contributed by atoms with van der Waals surface area (Å²) < 4.78 is 1.35. The van der Waals surface area contributed by atoms with E-state index in [9.17, 15) is 4.79 Å². The zero-order valence-corrected chi connectivity index (χ0v) is 16.1. The predicted octanol–water partition coefficient (Wildman–Crippen LogP) is 3.32. The number of carbonyl (C=O) groups excluding carboxylic acids is 1. The summed E-state index contributed by atoms with van der Waals surface area (Å²) in [6, 6.07) is 5.08. The van der Waals surface area contributed by atoms with Crippen LogP contribution in [-0.4, -0.2) is 44.5 Å². The summed E-state index contributed by atoms with van der Waals surface area (Å²) in [5.41, 5.74) is 0.643. The Bertz CT molecular complexity index is 782. The highest BCUT2D eigenvalue weighted by molar-refractivity contribution is 7.99. The van der Waals surface area contributed by atoms with Gasteiger partial charge in [0.15, 0.2) is 5.82 Å². The molecule has 25 heavy (non-hydrogen) atoms. The topological polar surface area (TPSA) is 77.0 Å². The number of nitrogen functional groups attached to an aromatic ring is 1. The van der Waals surface area contributed by atoms with Crippen molar-refractivity contribution >= 4 is 40.9 Å². The molecule has 1 aromatic carbocycles. The maximum atomic E-state index is 12.4. The molecule has 0 saturated carbocycles. The molecule has 1 aliphatic rings. The molecule has 1 aromatic heterocycles. The minimum absolute atomic E-state index is 0.102. The van der Waals surface area contributed by atoms with Crippen LogP contribution >= 0.6 is 35.0 Å². The molecule has 2 heterocycles. The van der Waals surface area contributed by atoms with E-state index in [0.29, 0.717) is 32.5 Å². The first-order chi connectivity index (χ1) is 12.0. The van der Waals surface area contributed by atoms with E-state index in [2.05, 4.69) is 17.1 Å². The number of piperidine rings is 1. The number of nitrogens with two attached hydrogens (primary N) is 1. The monoisotopic (exact) mass is 399 g/mol. The van der Waals surface area contributed by atoms with Crippen molar-refractivity contribution in [3.63, 3.8) is 0 Å². The number of thioether (sulfide) groups is 1. The number of benzene rings is 1. The van der Waals surface area contributed by atoms with Crippen molar-refractivity contribution in [1.29, 1.82) is 0 Å². The van der Waals surface area contributed by atoms with Gasteiger partial charge in [0.2, 0.25) is 11.1 Å². The summed E-state index contributed by atoms with van der Waals surface area (Å²) in [5.74, 6) is 7.46. The molecule has 9 heteroatoms. The molecule has 1 amide bonds. The van der Waals surface area contributed by atoms with Crippen molar-refractivity contribution in [3.8, 4) is 11.4 Å². The third kappa shape index (κ3) is 4.22. The number of aromatic nitrogens is 3. The number of hydrogen-bond acceptors (Lipinski definition) is 5. The van der Waals surface area contributed by atoms with E-state index < -0.39 is 0 Å². The summed E-state index contributed by atoms with van der Waals surface area (Å²) in [6.45, 7) is 3.82. The Morgan fingerprint density at radius 2 is 2.20 bits per heavy atom. The van der Waals surface area contributed by atoms with E-state index in [1.54, 1.807) is 18.2 Å². The Morgan fingerprint density at radius 1 is 1.40 bits per heavy atom. The SMILES string of the molecule is C[C@H]1CCCN(C(=O)CSc2nnc(-c3ccc(Cl)cc3Cl)n2N)C1. The molecule has 2 aromatic rings. The smallest absolute Gasteiger partial charge is 0.233 e. The van der Waals surface area contributed by atoms with Crippen LogP contribution in [0.1, 0.15) is 19.8 Å². The maximum absolute atomic E-state index is 12.4. The average molecular weight is 400 g/mol. The van der Waals surface area contributed by atoms with Crippen molar-refractivity contribution in [1.82, 2.24) is 19.8 Å². The van der Waals surface area contributed by atoms with Crippen molar-refractivity contribution < 1.29 is 4.79 Å². The van der Waals surface area contributed by atoms with Crippen LogP contribution in [-0.2, 0) is 4.79 Å². The van der Waals surface area contributed by atoms with Crippen LogP contribution in [0.25, 0.3) is 11.4 Å². The Kier molecular flexibility index (Phi) is 5.76. The molecule has 1 aliphatic heterocycles. The van der Waals surface area contributed by atoms with Crippen molar-refractivity contribution in [3.05, 3.63) is 28.2 Å². The third-order valence-electron chi connectivity index (χ3n) is 4.17. The fourth-order valence-electron chi connectivity index (χ4n) is 2.86. The number of halogens is 2. The lowest BCUT2D eigenvalue weighted by atomic mass is 10.0. The van der Waals surface area contributed by atoms with Crippen LogP contribution in [0.5, 0.6) is 0 Å². The fourth-order valence-corrected chi connectivity index (χ4v) is 4.12. The van der Waals surface area contributed by atoms with Gasteiger partial charge < -0.3 is 10.7 Å². The normalized spacial score (nSPS) is 17.7. The van der Waals surface area contributed by atoms with Crippen LogP contribution < -0.4 is 5.84 Å². The van der Waals surface area contributed by atoms with Gasteiger partial charge in [-0.1, -0.05) is 41.9 Å². The van der Waals surface area contributed by atoms with Gasteiger partial charge in [0, 0.05) is 23.7 Å². The van der Waals surface area contributed by atoms with E-state index in [0.717, 1.165) is 19.5 Å². The first-order valence-electron chi connectivity index (χ1n) is 8.02. The number of nitrogens with zero attached hydrogens (tertiary/aromatic N) is 4. The van der Waals surface area contributed by atoms with Crippen molar-refractivity contribution in [2.24, 2.45) is 5.92 Å². The lowest BCUT2D eigenvalue weighted by Gasteiger charge is -2.30. The number of hydrogen-bond donors (Lipinski definition) is 1. The van der Waals surface area contributed by atoms with Gasteiger partial charge in [0.05, 0.1) is 10.8 Å². The second-order valence-corrected chi connectivity index (χ2v) is 7.96. The van der Waals surface area contributed by atoms with Crippen molar-refractivity contribution in [2.45, 2.75) is 24.9 Å². The fraction of sp³-hybridized carbons (Fsp3) is 0.438. The van der Waals surface area contributed by atoms with E-state index >= 15 is 0 Å². The van der Waals surface area contributed by atoms with E-state index in [1.807, 2.05) is 4.90 Å². The predicted molar refractivity (Wildman–Crippen MR) is 101 cm³/mol. The highest BCUT2D eigenvalue weighted by Crippen LogP contribution is 2.30. The standard InChI is InChI=1S/C16H19Cl2N5OS/c1-10-3-2-6-22(8-10)14(24)9-25-16-21-20-15(23(16)19)12-5-4-11(17)7-13(12)18/h4-5,7,10H,2-3,6,8-9,19H2,1H3/t10-/m0/s1. The largest absolute Gasteiger partial charge is 0.342 e. The van der Waals surface area contributed by atoms with Gasteiger partial charge in [-0.25, -0.2) is 4.68 Å². The lowest BCUT2D eigenvalue weighted by molar-refractivity contribution is -0.130. The molecule has 1 fully saturated rings. The molecule has 0 aliphatic carbocycles. The highest BCUT2D eigenvalue weighted by atomic mass is 35.5. The molecule has 0 spiro atoms. The summed E-state index contributed by atoms with van der Waals surface area (Å²) >= 11 is 13.4. The Labute approximate surface area is 160 Å². The first-order valence-corrected chi connectivity index (χ1v) is 9.76. The van der Waals surface area contributed by atoms with Crippen LogP contribution in [0.3, 0.4) is 0 Å². The molecule has 0 bridgehead atoms. The summed E-state index contributed by atoms with van der Waals surface area (Å²) in [6.07, 6.45) is 2.24. The molecular formula is C16H19Cl2N5OS. The van der Waals surface area contributed by atoms with Gasteiger partial charge in [0.25, 0.3) is 0 Å². The van der Waals surface area contributed by atoms with Gasteiger partial charge in [-0.3, -0.25) is 4.79 Å². The second kappa shape index (κ2) is 7.85. The summed E-state index contributed by atoms with van der Waals surface area (Å²) in [5, 5.41) is 9.62. The minimum atomic E-state index is 0.102.